The van der Waals surface area contributed by atoms with Crippen molar-refractivity contribution < 1.29 is 91.3 Å². The first-order valence-electron chi connectivity index (χ1n) is 3.24. The van der Waals surface area contributed by atoms with Gasteiger partial charge in [0, 0.05) is 12.4 Å². The molecule has 0 aliphatic carbocycles. The SMILES string of the molecule is O=C([O-])CC(O)(C(=O)[O-])C(O)C(=O)[O-].[Ca+2].[K+]. The Labute approximate surface area is 162 Å². The van der Waals surface area contributed by atoms with Crippen LogP contribution in [0.1, 0.15) is 6.42 Å². The van der Waals surface area contributed by atoms with Crippen molar-refractivity contribution in [3.63, 3.8) is 0 Å². The van der Waals surface area contributed by atoms with Gasteiger partial charge in [-0.1, -0.05) is 0 Å². The minimum atomic E-state index is -3.46. The van der Waals surface area contributed by atoms with Gasteiger partial charge in [-0.2, -0.15) is 0 Å². The van der Waals surface area contributed by atoms with Gasteiger partial charge in [-0.15, -0.1) is 0 Å². The molecular weight excluding hydrogens is 279 g/mol. The maximum absolute atomic E-state index is 10.2. The van der Waals surface area contributed by atoms with Crippen LogP contribution in [-0.2, 0) is 14.4 Å². The third kappa shape index (κ3) is 6.24. The van der Waals surface area contributed by atoms with Crippen LogP contribution in [0.5, 0.6) is 0 Å². The molecule has 0 radical (unpaired) electrons. The normalized spacial score (nSPS) is 14.6. The van der Waals surface area contributed by atoms with E-state index in [1.54, 1.807) is 0 Å². The average molecular weight is 284 g/mol. The summed E-state index contributed by atoms with van der Waals surface area (Å²) in [5.74, 6) is -6.84. The number of aliphatic carboxylic acids is 3. The molecule has 10 heteroatoms. The summed E-state index contributed by atoms with van der Waals surface area (Å²) in [6.07, 6.45) is -4.53. The minimum Gasteiger partial charge on any atom is -0.550 e. The zero-order valence-electron chi connectivity index (χ0n) is 8.34. The van der Waals surface area contributed by atoms with Crippen LogP contribution in [0.4, 0.5) is 0 Å². The number of rotatable bonds is 5. The van der Waals surface area contributed by atoms with Crippen LogP contribution < -0.4 is 66.7 Å². The van der Waals surface area contributed by atoms with Crippen LogP contribution in [0.3, 0.4) is 0 Å². The fourth-order valence-electron chi connectivity index (χ4n) is 0.695. The zero-order chi connectivity index (χ0) is 11.5. The quantitative estimate of drug-likeness (QED) is 0.470. The number of hydrogen-bond acceptors (Lipinski definition) is 8. The summed E-state index contributed by atoms with van der Waals surface area (Å²) in [5, 5.41) is 47.8. The van der Waals surface area contributed by atoms with Gasteiger partial charge in [0.1, 0.15) is 11.7 Å². The Balaban J connectivity index is -0.000000845. The number of carboxylic acids is 3. The molecule has 0 rings (SSSR count). The van der Waals surface area contributed by atoms with Gasteiger partial charge < -0.3 is 39.9 Å². The van der Waals surface area contributed by atoms with Crippen LogP contribution >= 0.6 is 0 Å². The van der Waals surface area contributed by atoms with Crippen molar-refractivity contribution in [1.29, 1.82) is 0 Å². The third-order valence-electron chi connectivity index (χ3n) is 1.44. The van der Waals surface area contributed by atoms with E-state index in [-0.39, 0.29) is 89.1 Å². The molecule has 0 aromatic heterocycles. The summed E-state index contributed by atoms with van der Waals surface area (Å²) >= 11 is 0. The molecule has 8 nitrogen and oxygen atoms in total. The monoisotopic (exact) mass is 284 g/mol. The molecule has 0 aliphatic heterocycles. The number of carbonyl (C=O) groups is 3. The second-order valence-electron chi connectivity index (χ2n) is 2.48. The molecule has 0 amide bonds. The molecule has 2 N–H and O–H groups in total. The number of carbonyl (C=O) groups excluding carboxylic acids is 3. The van der Waals surface area contributed by atoms with Crippen LogP contribution in [0, 0.1) is 0 Å². The van der Waals surface area contributed by atoms with Gasteiger partial charge in [0.05, 0.1) is 11.9 Å². The third-order valence-corrected chi connectivity index (χ3v) is 1.44. The van der Waals surface area contributed by atoms with E-state index >= 15 is 0 Å². The number of hydrogen-bond donors (Lipinski definition) is 2. The minimum absolute atomic E-state index is 0. The second-order valence-corrected chi connectivity index (χ2v) is 2.48. The molecule has 0 fully saturated rings. The summed E-state index contributed by atoms with van der Waals surface area (Å²) in [4.78, 5) is 30.2. The molecule has 0 heterocycles. The number of aliphatic hydroxyl groups is 2. The van der Waals surface area contributed by atoms with E-state index < -0.39 is 36.0 Å². The summed E-state index contributed by atoms with van der Waals surface area (Å²) in [6, 6.07) is 0. The van der Waals surface area contributed by atoms with E-state index in [9.17, 15) is 29.7 Å². The Kier molecular flexibility index (Phi) is 12.9. The van der Waals surface area contributed by atoms with E-state index in [1.165, 1.54) is 0 Å². The van der Waals surface area contributed by atoms with Gasteiger partial charge in [-0.05, 0) is 0 Å². The van der Waals surface area contributed by atoms with Crippen LogP contribution in [0.15, 0.2) is 0 Å². The Morgan fingerprint density at radius 1 is 1.19 bits per heavy atom. The molecule has 2 unspecified atom stereocenters. The van der Waals surface area contributed by atoms with Crippen LogP contribution in [0.25, 0.3) is 0 Å². The number of carboxylic acid groups (broad SMARTS) is 3. The van der Waals surface area contributed by atoms with Gasteiger partial charge >= 0.3 is 89.1 Å². The largest absolute Gasteiger partial charge is 2.00 e. The van der Waals surface area contributed by atoms with E-state index in [0.29, 0.717) is 0 Å². The first-order valence-corrected chi connectivity index (χ1v) is 3.24. The van der Waals surface area contributed by atoms with Crippen molar-refractivity contribution in [2.75, 3.05) is 0 Å². The Bertz CT molecular complexity index is 282. The van der Waals surface area contributed by atoms with Gasteiger partial charge in [-0.25, -0.2) is 0 Å². The Morgan fingerprint density at radius 3 is 1.75 bits per heavy atom. The Morgan fingerprint density at radius 2 is 1.56 bits per heavy atom. The molecule has 0 saturated heterocycles. The van der Waals surface area contributed by atoms with Gasteiger partial charge in [0.2, 0.25) is 0 Å². The number of aliphatic hydroxyl groups excluding tert-OH is 1. The van der Waals surface area contributed by atoms with Crippen LogP contribution in [0.2, 0.25) is 0 Å². The summed E-state index contributed by atoms with van der Waals surface area (Å²) in [6.45, 7) is 0. The van der Waals surface area contributed by atoms with Crippen molar-refractivity contribution in [2.45, 2.75) is 18.1 Å². The predicted molar refractivity (Wildman–Crippen MR) is 36.3 cm³/mol. The zero-order valence-corrected chi connectivity index (χ0v) is 13.7. The van der Waals surface area contributed by atoms with E-state index in [1.807, 2.05) is 0 Å². The predicted octanol–water partition coefficient (Wildman–Crippen LogP) is -9.66. The maximum Gasteiger partial charge on any atom is 2.00 e. The first kappa shape index (κ1) is 22.4. The van der Waals surface area contributed by atoms with E-state index in [4.69, 9.17) is 10.2 Å². The first-order chi connectivity index (χ1) is 6.21. The fraction of sp³-hybridized carbons (Fsp3) is 0.500. The average Bonchev–Trinajstić information content (AvgIpc) is 2.00. The molecule has 0 saturated carbocycles. The van der Waals surface area contributed by atoms with Gasteiger partial charge in [0.25, 0.3) is 0 Å². The molecule has 80 valence electrons. The summed E-state index contributed by atoms with van der Waals surface area (Å²) < 4.78 is 0. The summed E-state index contributed by atoms with van der Waals surface area (Å²) in [5.41, 5.74) is -3.46. The topological polar surface area (TPSA) is 161 Å². The standard InChI is InChI=1S/C6H8O8.Ca.K/c7-2(8)1-6(14,5(12)13)3(9)4(10)11;;/h3,9,14H,1H2,(H,7,8)(H,10,11)(H,12,13);;/q;+2;+1/p-3. The molecule has 2 atom stereocenters. The summed E-state index contributed by atoms with van der Waals surface area (Å²) in [7, 11) is 0. The molecule has 0 spiro atoms. The molecular formula is C6H5CaKO8. The maximum atomic E-state index is 10.2. The Hall–Kier alpha value is 1.23. The van der Waals surface area contributed by atoms with Gasteiger partial charge in [0.15, 0.2) is 0 Å². The van der Waals surface area contributed by atoms with E-state index in [0.717, 1.165) is 0 Å². The smallest absolute Gasteiger partial charge is 0.550 e. The van der Waals surface area contributed by atoms with Crippen LogP contribution in [-0.4, -0.2) is 77.6 Å². The van der Waals surface area contributed by atoms with E-state index in [2.05, 4.69) is 0 Å². The second kappa shape index (κ2) is 9.20. The molecule has 0 aromatic carbocycles. The van der Waals surface area contributed by atoms with Crippen molar-refractivity contribution >= 4 is 55.6 Å². The van der Waals surface area contributed by atoms with Crippen molar-refractivity contribution in [1.82, 2.24) is 0 Å². The molecule has 16 heavy (non-hydrogen) atoms. The van der Waals surface area contributed by atoms with Crippen molar-refractivity contribution in [3.8, 4) is 0 Å². The molecule has 0 aromatic rings. The van der Waals surface area contributed by atoms with Gasteiger partial charge in [-0.3, -0.25) is 0 Å². The molecule has 0 bridgehead atoms. The van der Waals surface area contributed by atoms with Crippen molar-refractivity contribution in [3.05, 3.63) is 0 Å². The molecule has 0 aliphatic rings. The fourth-order valence-corrected chi connectivity index (χ4v) is 0.695. The van der Waals surface area contributed by atoms with Crippen molar-refractivity contribution in [2.24, 2.45) is 0 Å².